The number of thioether (sulfide) groups is 1. The molecule has 136 valence electrons. The lowest BCUT2D eigenvalue weighted by atomic mass is 10.2. The Kier molecular flexibility index (Phi) is 5.38. The first-order chi connectivity index (χ1) is 13.0. The number of nitrogen functional groups attached to an aromatic ring is 1. The molecule has 3 N–H and O–H groups in total. The Balaban J connectivity index is 1.73. The van der Waals surface area contributed by atoms with Gasteiger partial charge in [-0.3, -0.25) is 4.79 Å². The van der Waals surface area contributed by atoms with Gasteiger partial charge in [0.1, 0.15) is 5.82 Å². The van der Waals surface area contributed by atoms with Crippen molar-refractivity contribution in [3.8, 4) is 17.5 Å². The Hall–Kier alpha value is -3.38. The number of nitrogens with one attached hydrogen (secondary N) is 1. The number of nitriles is 1. The molecule has 0 fully saturated rings. The third-order valence-electron chi connectivity index (χ3n) is 3.69. The number of nitrogens with zero attached hydrogens (tertiary/aromatic N) is 4. The van der Waals surface area contributed by atoms with Gasteiger partial charge in [0, 0.05) is 5.69 Å². The summed E-state index contributed by atoms with van der Waals surface area (Å²) in [5.41, 5.74) is 1.20. The zero-order valence-corrected chi connectivity index (χ0v) is 15.1. The SMILES string of the molecule is C[C@@H](Sc1nnc(-c2ccccc2F)n1N)C(=O)Nc1cccc(C#N)c1. The van der Waals surface area contributed by atoms with Crippen molar-refractivity contribution in [2.75, 3.05) is 11.2 Å². The summed E-state index contributed by atoms with van der Waals surface area (Å²) >= 11 is 1.09. The van der Waals surface area contributed by atoms with Crippen LogP contribution in [0.25, 0.3) is 11.4 Å². The van der Waals surface area contributed by atoms with Crippen LogP contribution in [-0.4, -0.2) is 26.0 Å². The molecule has 27 heavy (non-hydrogen) atoms. The van der Waals surface area contributed by atoms with Crippen molar-refractivity contribution in [2.24, 2.45) is 0 Å². The fraction of sp³-hybridized carbons (Fsp3) is 0.111. The van der Waals surface area contributed by atoms with E-state index in [1.165, 1.54) is 6.07 Å². The maximum atomic E-state index is 13.9. The first kappa shape index (κ1) is 18.4. The molecule has 0 radical (unpaired) electrons. The Morgan fingerprint density at radius 1 is 1.30 bits per heavy atom. The van der Waals surface area contributed by atoms with Crippen LogP contribution in [0.5, 0.6) is 0 Å². The van der Waals surface area contributed by atoms with Gasteiger partial charge in [-0.15, -0.1) is 10.2 Å². The van der Waals surface area contributed by atoms with E-state index in [1.807, 2.05) is 6.07 Å². The van der Waals surface area contributed by atoms with E-state index < -0.39 is 11.1 Å². The topological polar surface area (TPSA) is 110 Å². The molecule has 0 unspecified atom stereocenters. The largest absolute Gasteiger partial charge is 0.335 e. The van der Waals surface area contributed by atoms with Crippen LogP contribution in [0.1, 0.15) is 12.5 Å². The maximum Gasteiger partial charge on any atom is 0.237 e. The first-order valence-electron chi connectivity index (χ1n) is 7.92. The molecule has 0 aliphatic carbocycles. The summed E-state index contributed by atoms with van der Waals surface area (Å²) in [7, 11) is 0. The number of rotatable bonds is 5. The summed E-state index contributed by atoms with van der Waals surface area (Å²) in [4.78, 5) is 12.4. The molecule has 0 saturated carbocycles. The molecule has 0 spiro atoms. The van der Waals surface area contributed by atoms with Gasteiger partial charge in [0.05, 0.1) is 22.4 Å². The second kappa shape index (κ2) is 7.88. The van der Waals surface area contributed by atoms with E-state index >= 15 is 0 Å². The molecular weight excluding hydrogens is 367 g/mol. The molecule has 0 aliphatic heterocycles. The zero-order valence-electron chi connectivity index (χ0n) is 14.3. The quantitative estimate of drug-likeness (QED) is 0.519. The molecule has 1 heterocycles. The van der Waals surface area contributed by atoms with Crippen LogP contribution in [0.15, 0.2) is 53.7 Å². The van der Waals surface area contributed by atoms with E-state index in [0.29, 0.717) is 11.3 Å². The monoisotopic (exact) mass is 382 g/mol. The van der Waals surface area contributed by atoms with Gasteiger partial charge in [0.25, 0.3) is 0 Å². The number of amides is 1. The summed E-state index contributed by atoms with van der Waals surface area (Å²) in [6, 6.07) is 14.7. The van der Waals surface area contributed by atoms with Crippen LogP contribution in [0.2, 0.25) is 0 Å². The highest BCUT2D eigenvalue weighted by molar-refractivity contribution is 8.00. The molecule has 1 aromatic heterocycles. The molecule has 2 aromatic carbocycles. The van der Waals surface area contributed by atoms with Crippen molar-refractivity contribution in [3.63, 3.8) is 0 Å². The normalized spacial score (nSPS) is 11.6. The van der Waals surface area contributed by atoms with Crippen LogP contribution in [0, 0.1) is 17.1 Å². The third-order valence-corrected chi connectivity index (χ3v) is 4.75. The minimum Gasteiger partial charge on any atom is -0.335 e. The van der Waals surface area contributed by atoms with E-state index in [0.717, 1.165) is 16.4 Å². The van der Waals surface area contributed by atoms with Crippen molar-refractivity contribution in [1.82, 2.24) is 14.9 Å². The summed E-state index contributed by atoms with van der Waals surface area (Å²) in [5.74, 6) is 5.40. The van der Waals surface area contributed by atoms with Gasteiger partial charge in [-0.1, -0.05) is 30.0 Å². The lowest BCUT2D eigenvalue weighted by Gasteiger charge is -2.11. The minimum absolute atomic E-state index is 0.171. The van der Waals surface area contributed by atoms with E-state index in [9.17, 15) is 9.18 Å². The van der Waals surface area contributed by atoms with Gasteiger partial charge in [-0.05, 0) is 37.3 Å². The highest BCUT2D eigenvalue weighted by atomic mass is 32.2. The van der Waals surface area contributed by atoms with Gasteiger partial charge in [0.15, 0.2) is 5.82 Å². The van der Waals surface area contributed by atoms with Crippen molar-refractivity contribution in [1.29, 1.82) is 5.26 Å². The number of nitrogens with two attached hydrogens (primary N) is 1. The second-order valence-electron chi connectivity index (χ2n) is 5.60. The van der Waals surface area contributed by atoms with Gasteiger partial charge in [-0.2, -0.15) is 5.26 Å². The van der Waals surface area contributed by atoms with Gasteiger partial charge in [-0.25, -0.2) is 9.07 Å². The van der Waals surface area contributed by atoms with E-state index in [1.54, 1.807) is 49.4 Å². The van der Waals surface area contributed by atoms with Crippen molar-refractivity contribution in [3.05, 3.63) is 59.9 Å². The highest BCUT2D eigenvalue weighted by Gasteiger charge is 2.21. The number of halogens is 1. The second-order valence-corrected chi connectivity index (χ2v) is 6.91. The average Bonchev–Trinajstić information content (AvgIpc) is 3.02. The molecule has 0 bridgehead atoms. The molecule has 3 rings (SSSR count). The van der Waals surface area contributed by atoms with Crippen LogP contribution in [-0.2, 0) is 4.79 Å². The summed E-state index contributed by atoms with van der Waals surface area (Å²) in [6.07, 6.45) is 0. The predicted octanol–water partition coefficient (Wildman–Crippen LogP) is 2.79. The Labute approximate surface area is 159 Å². The predicted molar refractivity (Wildman–Crippen MR) is 101 cm³/mol. The van der Waals surface area contributed by atoms with E-state index in [4.69, 9.17) is 11.1 Å². The standard InChI is InChI=1S/C18H15FN6OS/c1-11(17(26)22-13-6-4-5-12(9-13)10-20)27-18-24-23-16(25(18)21)14-7-2-3-8-15(14)19/h2-9,11H,21H2,1H3,(H,22,26)/t11-/m1/s1. The van der Waals surface area contributed by atoms with Crippen molar-refractivity contribution in [2.45, 2.75) is 17.3 Å². The number of aromatic nitrogens is 3. The van der Waals surface area contributed by atoms with Crippen molar-refractivity contribution >= 4 is 23.4 Å². The fourth-order valence-corrected chi connectivity index (χ4v) is 3.08. The van der Waals surface area contributed by atoms with Crippen molar-refractivity contribution < 1.29 is 9.18 Å². The Bertz CT molecular complexity index is 1030. The van der Waals surface area contributed by atoms with Crippen LogP contribution in [0.4, 0.5) is 10.1 Å². The van der Waals surface area contributed by atoms with Crippen LogP contribution < -0.4 is 11.2 Å². The lowest BCUT2D eigenvalue weighted by Crippen LogP contribution is -2.23. The summed E-state index contributed by atoms with van der Waals surface area (Å²) in [6.45, 7) is 1.69. The van der Waals surface area contributed by atoms with Gasteiger partial charge < -0.3 is 11.2 Å². The summed E-state index contributed by atoms with van der Waals surface area (Å²) in [5, 5.41) is 19.3. The number of hydrogen-bond donors (Lipinski definition) is 2. The Morgan fingerprint density at radius 3 is 2.81 bits per heavy atom. The van der Waals surface area contributed by atoms with Crippen LogP contribution >= 0.6 is 11.8 Å². The van der Waals surface area contributed by atoms with Gasteiger partial charge in [0.2, 0.25) is 11.1 Å². The summed E-state index contributed by atoms with van der Waals surface area (Å²) < 4.78 is 15.1. The lowest BCUT2D eigenvalue weighted by molar-refractivity contribution is -0.115. The molecule has 1 atom stereocenters. The average molecular weight is 382 g/mol. The molecule has 7 nitrogen and oxygen atoms in total. The molecule has 3 aromatic rings. The molecule has 0 saturated heterocycles. The van der Waals surface area contributed by atoms with E-state index in [-0.39, 0.29) is 22.5 Å². The number of anilines is 1. The van der Waals surface area contributed by atoms with Crippen LogP contribution in [0.3, 0.4) is 0 Å². The number of benzene rings is 2. The minimum atomic E-state index is -0.546. The zero-order chi connectivity index (χ0) is 19.4. The molecular formula is C18H15FN6OS. The smallest absolute Gasteiger partial charge is 0.237 e. The molecule has 1 amide bonds. The van der Waals surface area contributed by atoms with Gasteiger partial charge >= 0.3 is 0 Å². The molecule has 9 heteroatoms. The van der Waals surface area contributed by atoms with E-state index in [2.05, 4.69) is 15.5 Å². The number of carbonyl (C=O) groups excluding carboxylic acids is 1. The number of hydrogen-bond acceptors (Lipinski definition) is 6. The third kappa shape index (κ3) is 4.07. The molecule has 0 aliphatic rings. The maximum absolute atomic E-state index is 13.9. The first-order valence-corrected chi connectivity index (χ1v) is 8.80. The fourth-order valence-electron chi connectivity index (χ4n) is 2.31. The highest BCUT2D eigenvalue weighted by Crippen LogP contribution is 2.26. The Morgan fingerprint density at radius 2 is 2.07 bits per heavy atom. The number of carbonyl (C=O) groups is 1.